The van der Waals surface area contributed by atoms with Crippen molar-refractivity contribution in [2.75, 3.05) is 11.9 Å². The van der Waals surface area contributed by atoms with Crippen molar-refractivity contribution in [3.05, 3.63) is 68.6 Å². The van der Waals surface area contributed by atoms with Gasteiger partial charge in [-0.3, -0.25) is 4.79 Å². The van der Waals surface area contributed by atoms with Gasteiger partial charge in [0, 0.05) is 20.2 Å². The van der Waals surface area contributed by atoms with Crippen molar-refractivity contribution in [2.45, 2.75) is 13.3 Å². The summed E-state index contributed by atoms with van der Waals surface area (Å²) in [7, 11) is 0. The number of amides is 1. The molecular weight excluding hydrogens is 462 g/mol. The fourth-order valence-corrected chi connectivity index (χ4v) is 3.37. The van der Waals surface area contributed by atoms with E-state index in [1.54, 1.807) is 12.1 Å². The molecule has 0 saturated carbocycles. The fraction of sp³-hybridized carbons (Fsp3) is 0.158. The summed E-state index contributed by atoms with van der Waals surface area (Å²) in [5.74, 6) is -0.159. The molecule has 0 aromatic heterocycles. The lowest BCUT2D eigenvalue weighted by Gasteiger charge is -2.09. The molecule has 0 unspecified atom stereocenters. The quantitative estimate of drug-likeness (QED) is 0.310. The van der Waals surface area contributed by atoms with Crippen molar-refractivity contribution in [3.8, 4) is 5.75 Å². The van der Waals surface area contributed by atoms with Gasteiger partial charge in [0.1, 0.15) is 5.75 Å². The molecule has 136 valence electrons. The van der Waals surface area contributed by atoms with Crippen molar-refractivity contribution in [3.63, 3.8) is 0 Å². The van der Waals surface area contributed by atoms with E-state index in [1.807, 2.05) is 31.2 Å². The van der Waals surface area contributed by atoms with Gasteiger partial charge in [0.2, 0.25) is 0 Å². The minimum absolute atomic E-state index is 0.0712. The summed E-state index contributed by atoms with van der Waals surface area (Å²) >= 11 is 6.94. The van der Waals surface area contributed by atoms with E-state index in [0.29, 0.717) is 12.0 Å². The van der Waals surface area contributed by atoms with Gasteiger partial charge in [-0.05, 0) is 42.7 Å². The third kappa shape index (κ3) is 5.44. The third-order valence-electron chi connectivity index (χ3n) is 3.64. The Labute approximate surface area is 169 Å². The Kier molecular flexibility index (Phi) is 7.41. The van der Waals surface area contributed by atoms with Gasteiger partial charge in [0.15, 0.2) is 0 Å². The van der Waals surface area contributed by atoms with Crippen LogP contribution < -0.4 is 10.7 Å². The van der Waals surface area contributed by atoms with Crippen molar-refractivity contribution in [1.29, 1.82) is 0 Å². The van der Waals surface area contributed by atoms with Gasteiger partial charge in [-0.25, -0.2) is 5.43 Å². The van der Waals surface area contributed by atoms with Crippen LogP contribution in [0.3, 0.4) is 0 Å². The van der Waals surface area contributed by atoms with Crippen LogP contribution in [0.2, 0.25) is 0 Å². The molecule has 2 rings (SSSR count). The van der Waals surface area contributed by atoms with Crippen LogP contribution in [-0.2, 0) is 11.2 Å². The normalized spacial score (nSPS) is 10.7. The van der Waals surface area contributed by atoms with E-state index in [0.717, 1.165) is 25.8 Å². The zero-order valence-electron chi connectivity index (χ0n) is 14.2. The van der Waals surface area contributed by atoms with Crippen molar-refractivity contribution < 1.29 is 9.90 Å². The smallest absolute Gasteiger partial charge is 0.259 e. The number of halogens is 2. The van der Waals surface area contributed by atoms with E-state index < -0.39 is 0 Å². The van der Waals surface area contributed by atoms with Gasteiger partial charge >= 0.3 is 0 Å². The number of nitrogens with one attached hydrogen (secondary N) is 2. The number of carbonyl (C=O) groups is 1. The van der Waals surface area contributed by atoms with Crippen LogP contribution in [0, 0.1) is 6.92 Å². The zero-order chi connectivity index (χ0) is 19.1. The summed E-state index contributed by atoms with van der Waals surface area (Å²) in [6.07, 6.45) is 3.69. The van der Waals surface area contributed by atoms with Crippen molar-refractivity contribution >= 4 is 49.7 Å². The van der Waals surface area contributed by atoms with Crippen LogP contribution in [0.1, 0.15) is 16.7 Å². The van der Waals surface area contributed by atoms with Gasteiger partial charge in [0.25, 0.3) is 5.91 Å². The lowest BCUT2D eigenvalue weighted by molar-refractivity contribution is -0.119. The first-order chi connectivity index (χ1) is 12.4. The Morgan fingerprint density at radius 3 is 2.65 bits per heavy atom. The third-order valence-corrected chi connectivity index (χ3v) is 5.29. The van der Waals surface area contributed by atoms with Gasteiger partial charge in [-0.1, -0.05) is 50.1 Å². The highest BCUT2D eigenvalue weighted by atomic mass is 79.9. The average Bonchev–Trinajstić information content (AvgIpc) is 2.61. The van der Waals surface area contributed by atoms with Crippen LogP contribution in [-0.4, -0.2) is 23.8 Å². The SMILES string of the molecule is C=CCc1cccc(C=NNC(=O)CNc2cc(Br)c(C)c(Br)c2)c1O. The van der Waals surface area contributed by atoms with Crippen LogP contribution in [0.5, 0.6) is 5.75 Å². The second-order valence-corrected chi connectivity index (χ2v) is 7.27. The minimum atomic E-state index is -0.296. The number of phenolic OH excluding ortho intramolecular Hbond substituents is 1. The number of allylic oxidation sites excluding steroid dienone is 1. The molecule has 26 heavy (non-hydrogen) atoms. The van der Waals surface area contributed by atoms with E-state index in [9.17, 15) is 9.90 Å². The minimum Gasteiger partial charge on any atom is -0.507 e. The highest BCUT2D eigenvalue weighted by Gasteiger charge is 2.06. The number of benzene rings is 2. The number of hydrogen-bond acceptors (Lipinski definition) is 4. The molecule has 0 heterocycles. The lowest BCUT2D eigenvalue weighted by Crippen LogP contribution is -2.25. The molecule has 7 heteroatoms. The summed E-state index contributed by atoms with van der Waals surface area (Å²) in [6.45, 7) is 5.71. The molecule has 0 atom stereocenters. The number of hydrogen-bond donors (Lipinski definition) is 3. The summed E-state index contributed by atoms with van der Waals surface area (Å²) in [5.41, 5.74) is 5.62. The molecule has 0 bridgehead atoms. The number of hydrazone groups is 1. The highest BCUT2D eigenvalue weighted by Crippen LogP contribution is 2.28. The summed E-state index contributed by atoms with van der Waals surface area (Å²) in [4.78, 5) is 11.9. The number of phenols is 1. The Morgan fingerprint density at radius 1 is 1.31 bits per heavy atom. The first-order valence-corrected chi connectivity index (χ1v) is 9.44. The number of anilines is 1. The molecule has 0 aliphatic carbocycles. The van der Waals surface area contributed by atoms with E-state index >= 15 is 0 Å². The molecular formula is C19H19Br2N3O2. The van der Waals surface area contributed by atoms with E-state index in [4.69, 9.17) is 0 Å². The first-order valence-electron chi connectivity index (χ1n) is 7.85. The molecule has 2 aromatic rings. The predicted octanol–water partition coefficient (Wildman–Crippen LogP) is 4.52. The molecule has 5 nitrogen and oxygen atoms in total. The number of carbonyl (C=O) groups excluding carboxylic acids is 1. The predicted molar refractivity (Wildman–Crippen MR) is 113 cm³/mol. The molecule has 0 fully saturated rings. The molecule has 3 N–H and O–H groups in total. The molecule has 0 spiro atoms. The second-order valence-electron chi connectivity index (χ2n) is 5.56. The summed E-state index contributed by atoms with van der Waals surface area (Å²) in [6, 6.07) is 9.15. The van der Waals surface area contributed by atoms with Crippen molar-refractivity contribution in [2.24, 2.45) is 5.10 Å². The van der Waals surface area contributed by atoms with Crippen LogP contribution in [0.4, 0.5) is 5.69 Å². The van der Waals surface area contributed by atoms with Gasteiger partial charge in [-0.2, -0.15) is 5.10 Å². The molecule has 0 aliphatic rings. The first kappa shape index (κ1) is 20.2. The van der Waals surface area contributed by atoms with E-state index in [1.165, 1.54) is 6.21 Å². The Bertz CT molecular complexity index is 828. The molecule has 0 radical (unpaired) electrons. The van der Waals surface area contributed by atoms with Gasteiger partial charge in [0.05, 0.1) is 12.8 Å². The van der Waals surface area contributed by atoms with Crippen LogP contribution in [0.15, 0.2) is 57.0 Å². The summed E-state index contributed by atoms with van der Waals surface area (Å²) in [5, 5.41) is 17.1. The topological polar surface area (TPSA) is 73.7 Å². The largest absolute Gasteiger partial charge is 0.507 e. The van der Waals surface area contributed by atoms with Crippen LogP contribution in [0.25, 0.3) is 0 Å². The Hall–Kier alpha value is -2.12. The number of para-hydroxylation sites is 1. The standard InChI is InChI=1S/C19H19Br2N3O2/c1-3-5-13-6-4-7-14(19(13)26)10-23-24-18(25)11-22-15-8-16(20)12(2)17(21)9-15/h3-4,6-10,22,26H,1,5,11H2,2H3,(H,24,25). The van der Waals surface area contributed by atoms with Gasteiger partial charge < -0.3 is 10.4 Å². The molecule has 0 aliphatic heterocycles. The van der Waals surface area contributed by atoms with Crippen molar-refractivity contribution in [1.82, 2.24) is 5.43 Å². The molecule has 2 aromatic carbocycles. The summed E-state index contributed by atoms with van der Waals surface area (Å²) < 4.78 is 1.89. The lowest BCUT2D eigenvalue weighted by atomic mass is 10.1. The Balaban J connectivity index is 1.92. The van der Waals surface area contributed by atoms with Crippen LogP contribution >= 0.6 is 31.9 Å². The molecule has 0 saturated heterocycles. The van der Waals surface area contributed by atoms with Gasteiger partial charge in [-0.15, -0.1) is 6.58 Å². The maximum Gasteiger partial charge on any atom is 0.259 e. The number of nitrogens with zero attached hydrogens (tertiary/aromatic N) is 1. The van der Waals surface area contributed by atoms with E-state index in [-0.39, 0.29) is 18.2 Å². The fourth-order valence-electron chi connectivity index (χ4n) is 2.18. The molecule has 1 amide bonds. The number of aromatic hydroxyl groups is 1. The van der Waals surface area contributed by atoms with E-state index in [2.05, 4.69) is 54.3 Å². The maximum atomic E-state index is 11.9. The maximum absolute atomic E-state index is 11.9. The Morgan fingerprint density at radius 2 is 2.00 bits per heavy atom. The number of rotatable bonds is 7. The average molecular weight is 481 g/mol. The monoisotopic (exact) mass is 479 g/mol. The highest BCUT2D eigenvalue weighted by molar-refractivity contribution is 9.11. The zero-order valence-corrected chi connectivity index (χ0v) is 17.4. The second kappa shape index (κ2) is 9.54.